The van der Waals surface area contributed by atoms with Gasteiger partial charge in [-0.25, -0.2) is 4.98 Å². The number of nitrogens with zero attached hydrogens (tertiary/aromatic N) is 2. The van der Waals surface area contributed by atoms with Crippen molar-refractivity contribution < 1.29 is 9.59 Å². The molecule has 3 N–H and O–H groups in total. The van der Waals surface area contributed by atoms with Crippen LogP contribution < -0.4 is 10.6 Å². The van der Waals surface area contributed by atoms with Crippen molar-refractivity contribution in [3.63, 3.8) is 0 Å². The maximum atomic E-state index is 11.2. The van der Waals surface area contributed by atoms with Crippen LogP contribution in [-0.2, 0) is 4.79 Å². The summed E-state index contributed by atoms with van der Waals surface area (Å²) < 4.78 is 0. The molecule has 0 aromatic carbocycles. The van der Waals surface area contributed by atoms with Gasteiger partial charge < -0.3 is 10.6 Å². The van der Waals surface area contributed by atoms with E-state index in [1.165, 1.54) is 6.33 Å². The molecular weight excluding hydrogens is 186 g/mol. The van der Waals surface area contributed by atoms with Crippen molar-refractivity contribution in [3.8, 4) is 0 Å². The maximum absolute atomic E-state index is 11.2. The van der Waals surface area contributed by atoms with E-state index in [2.05, 4.69) is 25.8 Å². The van der Waals surface area contributed by atoms with Gasteiger partial charge in [0.2, 0.25) is 11.7 Å². The second kappa shape index (κ2) is 4.95. The second-order valence-electron chi connectivity index (χ2n) is 2.47. The lowest BCUT2D eigenvalue weighted by Crippen LogP contribution is -2.37. The smallest absolute Gasteiger partial charge is 0.289 e. The molecule has 2 amide bonds. The van der Waals surface area contributed by atoms with Crippen LogP contribution in [0.1, 0.15) is 17.5 Å². The van der Waals surface area contributed by atoms with Gasteiger partial charge in [0.15, 0.2) is 0 Å². The molecule has 0 bridgehead atoms. The van der Waals surface area contributed by atoms with Gasteiger partial charge in [-0.15, -0.1) is 0 Å². The minimum atomic E-state index is -0.450. The number of likely N-dealkylation sites (N-methyl/N-ethyl adjacent to an activating group) is 1. The maximum Gasteiger partial charge on any atom is 0.289 e. The Morgan fingerprint density at radius 1 is 1.50 bits per heavy atom. The first-order chi connectivity index (χ1) is 6.74. The number of carbonyl (C=O) groups excluding carboxylic acids is 2. The predicted octanol–water partition coefficient (Wildman–Crippen LogP) is -1.33. The van der Waals surface area contributed by atoms with Crippen molar-refractivity contribution in [2.24, 2.45) is 0 Å². The Bertz CT molecular complexity index is 308. The molecule has 0 saturated heterocycles. The van der Waals surface area contributed by atoms with Crippen LogP contribution in [0.25, 0.3) is 0 Å². The molecule has 0 saturated carbocycles. The van der Waals surface area contributed by atoms with Crippen molar-refractivity contribution in [2.45, 2.75) is 6.92 Å². The molecule has 0 atom stereocenters. The zero-order valence-corrected chi connectivity index (χ0v) is 7.70. The fraction of sp³-hybridized carbons (Fsp3) is 0.429. The summed E-state index contributed by atoms with van der Waals surface area (Å²) in [6, 6.07) is 0. The van der Waals surface area contributed by atoms with Gasteiger partial charge in [0.1, 0.15) is 6.33 Å². The molecule has 0 aliphatic rings. The van der Waals surface area contributed by atoms with Gasteiger partial charge >= 0.3 is 0 Å². The zero-order valence-electron chi connectivity index (χ0n) is 7.70. The number of aromatic nitrogens is 3. The fourth-order valence-electron chi connectivity index (χ4n) is 0.819. The van der Waals surface area contributed by atoms with Gasteiger partial charge in [0.05, 0.1) is 6.54 Å². The lowest BCUT2D eigenvalue weighted by molar-refractivity contribution is -0.120. The summed E-state index contributed by atoms with van der Waals surface area (Å²) in [5.41, 5.74) is 0. The standard InChI is InChI=1S/C7H11N5O2/c1-2-8-5(13)3-9-7(14)6-10-4-11-12-6/h4H,2-3H2,1H3,(H,8,13)(H,9,14)(H,10,11,12). The number of amides is 2. The number of aromatic amines is 1. The highest BCUT2D eigenvalue weighted by Gasteiger charge is 2.09. The average molecular weight is 197 g/mol. The molecule has 0 unspecified atom stereocenters. The number of rotatable bonds is 4. The zero-order chi connectivity index (χ0) is 10.4. The summed E-state index contributed by atoms with van der Waals surface area (Å²) in [6.07, 6.45) is 1.22. The first-order valence-corrected chi connectivity index (χ1v) is 4.14. The number of hydrogen-bond acceptors (Lipinski definition) is 4. The number of carbonyl (C=O) groups is 2. The third-order valence-electron chi connectivity index (χ3n) is 1.41. The molecular formula is C7H11N5O2. The Kier molecular flexibility index (Phi) is 3.59. The quantitative estimate of drug-likeness (QED) is 0.556. The Labute approximate surface area is 80.3 Å². The van der Waals surface area contributed by atoms with Gasteiger partial charge in [0, 0.05) is 6.54 Å². The van der Waals surface area contributed by atoms with Gasteiger partial charge in [-0.3, -0.25) is 14.7 Å². The van der Waals surface area contributed by atoms with E-state index in [1.54, 1.807) is 6.92 Å². The van der Waals surface area contributed by atoms with Crippen LogP contribution in [0.15, 0.2) is 6.33 Å². The highest BCUT2D eigenvalue weighted by atomic mass is 16.2. The number of H-pyrrole nitrogens is 1. The molecule has 7 nitrogen and oxygen atoms in total. The predicted molar refractivity (Wildman–Crippen MR) is 47.4 cm³/mol. The molecule has 0 spiro atoms. The largest absolute Gasteiger partial charge is 0.355 e. The van der Waals surface area contributed by atoms with E-state index in [4.69, 9.17) is 0 Å². The molecule has 76 valence electrons. The van der Waals surface area contributed by atoms with Crippen LogP contribution in [0, 0.1) is 0 Å². The van der Waals surface area contributed by atoms with Gasteiger partial charge in [-0.1, -0.05) is 0 Å². The van der Waals surface area contributed by atoms with E-state index in [-0.39, 0.29) is 18.3 Å². The molecule has 0 aliphatic carbocycles. The van der Waals surface area contributed by atoms with Crippen LogP contribution in [-0.4, -0.2) is 40.1 Å². The summed E-state index contributed by atoms with van der Waals surface area (Å²) >= 11 is 0. The Hall–Kier alpha value is -1.92. The molecule has 1 aromatic heterocycles. The summed E-state index contributed by atoms with van der Waals surface area (Å²) in [5, 5.41) is 10.8. The highest BCUT2D eigenvalue weighted by Crippen LogP contribution is 1.83. The Balaban J connectivity index is 2.32. The topological polar surface area (TPSA) is 99.8 Å². The Morgan fingerprint density at radius 3 is 2.86 bits per heavy atom. The molecule has 0 fully saturated rings. The van der Waals surface area contributed by atoms with E-state index in [1.807, 2.05) is 0 Å². The van der Waals surface area contributed by atoms with Crippen molar-refractivity contribution in [1.29, 1.82) is 0 Å². The number of hydrogen-bond donors (Lipinski definition) is 3. The molecule has 0 aliphatic heterocycles. The molecule has 1 aromatic rings. The average Bonchev–Trinajstić information content (AvgIpc) is 2.67. The lowest BCUT2D eigenvalue weighted by atomic mass is 10.5. The third kappa shape index (κ3) is 2.85. The fourth-order valence-corrected chi connectivity index (χ4v) is 0.819. The second-order valence-corrected chi connectivity index (χ2v) is 2.47. The lowest BCUT2D eigenvalue weighted by Gasteiger charge is -2.02. The van der Waals surface area contributed by atoms with Crippen LogP contribution in [0.3, 0.4) is 0 Å². The summed E-state index contributed by atoms with van der Waals surface area (Å²) in [4.78, 5) is 25.8. The van der Waals surface area contributed by atoms with E-state index in [9.17, 15) is 9.59 Å². The first kappa shape index (κ1) is 10.2. The monoisotopic (exact) mass is 197 g/mol. The van der Waals surface area contributed by atoms with E-state index in [0.717, 1.165) is 0 Å². The van der Waals surface area contributed by atoms with Crippen molar-refractivity contribution in [3.05, 3.63) is 12.2 Å². The van der Waals surface area contributed by atoms with Crippen molar-refractivity contribution in [2.75, 3.05) is 13.1 Å². The summed E-state index contributed by atoms with van der Waals surface area (Å²) in [7, 11) is 0. The molecule has 0 radical (unpaired) electrons. The van der Waals surface area contributed by atoms with Crippen molar-refractivity contribution in [1.82, 2.24) is 25.8 Å². The molecule has 1 rings (SSSR count). The molecule has 1 heterocycles. The van der Waals surface area contributed by atoms with E-state index >= 15 is 0 Å². The number of nitrogens with one attached hydrogen (secondary N) is 3. The molecule has 7 heteroatoms. The minimum Gasteiger partial charge on any atom is -0.355 e. The van der Waals surface area contributed by atoms with E-state index < -0.39 is 5.91 Å². The van der Waals surface area contributed by atoms with E-state index in [0.29, 0.717) is 6.54 Å². The normalized spacial score (nSPS) is 9.50. The Morgan fingerprint density at radius 2 is 2.29 bits per heavy atom. The van der Waals surface area contributed by atoms with Gasteiger partial charge in [0.25, 0.3) is 5.91 Å². The van der Waals surface area contributed by atoms with Crippen molar-refractivity contribution >= 4 is 11.8 Å². The highest BCUT2D eigenvalue weighted by molar-refractivity contribution is 5.93. The minimum absolute atomic E-state index is 0.0621. The van der Waals surface area contributed by atoms with Crippen LogP contribution in [0.4, 0.5) is 0 Å². The van der Waals surface area contributed by atoms with Crippen LogP contribution in [0.5, 0.6) is 0 Å². The summed E-state index contributed by atoms with van der Waals surface area (Å²) in [5.74, 6) is -0.594. The summed E-state index contributed by atoms with van der Waals surface area (Å²) in [6.45, 7) is 2.28. The van der Waals surface area contributed by atoms with Gasteiger partial charge in [-0.05, 0) is 6.92 Å². The van der Waals surface area contributed by atoms with Crippen LogP contribution in [0.2, 0.25) is 0 Å². The van der Waals surface area contributed by atoms with Crippen LogP contribution >= 0.6 is 0 Å². The first-order valence-electron chi connectivity index (χ1n) is 4.14. The third-order valence-corrected chi connectivity index (χ3v) is 1.41. The molecule has 14 heavy (non-hydrogen) atoms. The SMILES string of the molecule is CCNC(=O)CNC(=O)c1ncn[nH]1. The van der Waals surface area contributed by atoms with Gasteiger partial charge in [-0.2, -0.15) is 5.10 Å².